The summed E-state index contributed by atoms with van der Waals surface area (Å²) < 4.78 is 4.84. The second-order valence-electron chi connectivity index (χ2n) is 8.75. The molecule has 3 N–H and O–H groups in total. The van der Waals surface area contributed by atoms with Crippen molar-refractivity contribution in [3.63, 3.8) is 0 Å². The number of hydrogen-bond donors (Lipinski definition) is 3. The predicted octanol–water partition coefficient (Wildman–Crippen LogP) is 6.75. The van der Waals surface area contributed by atoms with Crippen LogP contribution in [-0.4, -0.2) is 40.0 Å². The van der Waals surface area contributed by atoms with Crippen LogP contribution in [0.4, 0.5) is 0 Å². The van der Waals surface area contributed by atoms with Crippen molar-refractivity contribution in [1.82, 2.24) is 0 Å². The molecule has 0 amide bonds. The Morgan fingerprint density at radius 1 is 0.789 bits per heavy atom. The molecule has 6 nitrogen and oxygen atoms in total. The van der Waals surface area contributed by atoms with Gasteiger partial charge in [-0.15, -0.1) is 0 Å². The minimum atomic E-state index is -0.967. The van der Waals surface area contributed by atoms with Crippen LogP contribution in [0.15, 0.2) is 84.9 Å². The van der Waals surface area contributed by atoms with Gasteiger partial charge < -0.3 is 20.1 Å². The van der Waals surface area contributed by atoms with Crippen molar-refractivity contribution in [3.8, 4) is 5.75 Å². The van der Waals surface area contributed by atoms with Crippen LogP contribution in [0.5, 0.6) is 5.75 Å². The number of ether oxygens (including phenoxy) is 1. The van der Waals surface area contributed by atoms with Crippen LogP contribution in [0.3, 0.4) is 0 Å². The predicted molar refractivity (Wildman–Crippen MR) is 154 cm³/mol. The number of carbonyl (C=O) groups is 2. The van der Waals surface area contributed by atoms with Crippen molar-refractivity contribution < 1.29 is 29.6 Å². The first-order chi connectivity index (χ1) is 18.1. The molecule has 4 rings (SSSR count). The quantitative estimate of drug-likeness (QED) is 0.201. The molecule has 0 heterocycles. The third-order valence-corrected chi connectivity index (χ3v) is 4.98. The SMILES string of the molecule is CC(C)O.CCOC(=O)/C=C/c1ccc2cc(C)ccc2c1.O=C(O)/C=C/c1ccc2cc(O)ccc2c1. The average molecular weight is 515 g/mol. The first kappa shape index (κ1) is 29.8. The number of benzene rings is 4. The van der Waals surface area contributed by atoms with E-state index < -0.39 is 5.97 Å². The van der Waals surface area contributed by atoms with E-state index in [1.165, 1.54) is 28.5 Å². The number of carbonyl (C=O) groups excluding carboxylic acids is 1. The fourth-order valence-electron chi connectivity index (χ4n) is 3.36. The van der Waals surface area contributed by atoms with Gasteiger partial charge in [0.15, 0.2) is 0 Å². The minimum absolute atomic E-state index is 0.167. The highest BCUT2D eigenvalue weighted by Crippen LogP contribution is 2.21. The van der Waals surface area contributed by atoms with Crippen LogP contribution >= 0.6 is 0 Å². The van der Waals surface area contributed by atoms with Gasteiger partial charge in [-0.3, -0.25) is 0 Å². The molecule has 4 aromatic rings. The van der Waals surface area contributed by atoms with E-state index in [0.717, 1.165) is 28.0 Å². The molecular weight excluding hydrogens is 480 g/mol. The molecule has 6 heteroatoms. The first-order valence-corrected chi connectivity index (χ1v) is 12.2. The van der Waals surface area contributed by atoms with Crippen molar-refractivity contribution in [2.45, 2.75) is 33.8 Å². The lowest BCUT2D eigenvalue weighted by Crippen LogP contribution is -1.98. The van der Waals surface area contributed by atoms with Crippen molar-refractivity contribution >= 4 is 45.6 Å². The van der Waals surface area contributed by atoms with E-state index in [4.69, 9.17) is 14.9 Å². The monoisotopic (exact) mass is 514 g/mol. The van der Waals surface area contributed by atoms with Crippen LogP contribution in [0.1, 0.15) is 37.5 Å². The third kappa shape index (κ3) is 10.7. The van der Waals surface area contributed by atoms with E-state index in [-0.39, 0.29) is 17.8 Å². The van der Waals surface area contributed by atoms with Gasteiger partial charge in [-0.2, -0.15) is 0 Å². The molecule has 38 heavy (non-hydrogen) atoms. The van der Waals surface area contributed by atoms with Crippen molar-refractivity contribution in [2.24, 2.45) is 0 Å². The molecular formula is C32H34O6. The van der Waals surface area contributed by atoms with Crippen LogP contribution in [-0.2, 0) is 14.3 Å². The topological polar surface area (TPSA) is 104 Å². The normalized spacial score (nSPS) is 10.8. The molecule has 0 radical (unpaired) electrons. The van der Waals surface area contributed by atoms with Gasteiger partial charge in [-0.1, -0.05) is 54.1 Å². The number of rotatable bonds is 5. The number of phenolic OH excluding ortho intramolecular Hbond substituents is 1. The molecule has 0 aliphatic rings. The van der Waals surface area contributed by atoms with E-state index in [1.807, 2.05) is 18.2 Å². The summed E-state index contributed by atoms with van der Waals surface area (Å²) in [6.45, 7) is 7.72. The lowest BCUT2D eigenvalue weighted by molar-refractivity contribution is -0.137. The summed E-state index contributed by atoms with van der Waals surface area (Å²) in [5.74, 6) is -1.05. The van der Waals surface area contributed by atoms with Gasteiger partial charge in [0.25, 0.3) is 0 Å². The number of hydrogen-bond acceptors (Lipinski definition) is 5. The Bertz CT molecular complexity index is 1430. The first-order valence-electron chi connectivity index (χ1n) is 12.2. The largest absolute Gasteiger partial charge is 0.508 e. The third-order valence-electron chi connectivity index (χ3n) is 4.98. The number of phenols is 1. The van der Waals surface area contributed by atoms with Gasteiger partial charge >= 0.3 is 11.9 Å². The number of fused-ring (bicyclic) bond motifs is 2. The fourth-order valence-corrected chi connectivity index (χ4v) is 3.36. The Balaban J connectivity index is 0.000000235. The van der Waals surface area contributed by atoms with Gasteiger partial charge in [-0.05, 0) is 96.8 Å². The Labute approximate surface area is 223 Å². The van der Waals surface area contributed by atoms with Gasteiger partial charge in [0, 0.05) is 18.3 Å². The van der Waals surface area contributed by atoms with Gasteiger partial charge in [0.1, 0.15) is 5.75 Å². The molecule has 0 saturated heterocycles. The zero-order valence-electron chi connectivity index (χ0n) is 22.1. The highest BCUT2D eigenvalue weighted by Gasteiger charge is 1.98. The van der Waals surface area contributed by atoms with E-state index in [9.17, 15) is 14.7 Å². The molecule has 0 unspecified atom stereocenters. The number of aliphatic hydroxyl groups excluding tert-OH is 1. The van der Waals surface area contributed by atoms with E-state index in [1.54, 1.807) is 51.1 Å². The molecule has 0 fully saturated rings. The van der Waals surface area contributed by atoms with Crippen LogP contribution < -0.4 is 0 Å². The lowest BCUT2D eigenvalue weighted by Gasteiger charge is -2.01. The summed E-state index contributed by atoms with van der Waals surface area (Å²) in [6.07, 6.45) is 5.70. The molecule has 198 valence electrons. The second kappa shape index (κ2) is 15.0. The van der Waals surface area contributed by atoms with E-state index >= 15 is 0 Å². The molecule has 0 aliphatic heterocycles. The van der Waals surface area contributed by atoms with Crippen LogP contribution in [0.2, 0.25) is 0 Å². The van der Waals surface area contributed by atoms with E-state index in [0.29, 0.717) is 6.61 Å². The molecule has 0 aliphatic carbocycles. The van der Waals surface area contributed by atoms with Crippen LogP contribution in [0.25, 0.3) is 33.7 Å². The van der Waals surface area contributed by atoms with Crippen molar-refractivity contribution in [3.05, 3.63) is 102 Å². The Morgan fingerprint density at radius 2 is 1.26 bits per heavy atom. The molecule has 4 aromatic carbocycles. The summed E-state index contributed by atoms with van der Waals surface area (Å²) in [7, 11) is 0. The second-order valence-corrected chi connectivity index (χ2v) is 8.75. The molecule has 0 saturated carbocycles. The summed E-state index contributed by atoms with van der Waals surface area (Å²) in [6, 6.07) is 23.0. The lowest BCUT2D eigenvalue weighted by atomic mass is 10.0. The maximum absolute atomic E-state index is 11.2. The zero-order valence-corrected chi connectivity index (χ0v) is 22.1. The maximum Gasteiger partial charge on any atom is 0.330 e. The Hall–Kier alpha value is -4.42. The molecule has 0 bridgehead atoms. The number of aromatic hydroxyl groups is 1. The number of aliphatic carboxylic acids is 1. The summed E-state index contributed by atoms with van der Waals surface area (Å²) in [4.78, 5) is 21.6. The standard InChI is InChI=1S/C16H16O2.C13H10O3.C3H8O/c1-3-18-16(17)9-6-13-5-8-14-10-12(2)4-7-15(14)11-13;14-12-5-4-10-7-9(2-6-13(15)16)1-3-11(10)8-12;1-3(2)4/h4-11H,3H2,1-2H3;1-8,14H,(H,15,16);3-4H,1-2H3/b9-6+;6-2+;. The highest BCUT2D eigenvalue weighted by atomic mass is 16.5. The number of aliphatic hydroxyl groups is 1. The fraction of sp³-hybridized carbons (Fsp3) is 0.188. The Kier molecular flexibility index (Phi) is 11.7. The van der Waals surface area contributed by atoms with Gasteiger partial charge in [0.05, 0.1) is 6.61 Å². The van der Waals surface area contributed by atoms with Crippen LogP contribution in [0, 0.1) is 6.92 Å². The number of aryl methyl sites for hydroxylation is 1. The Morgan fingerprint density at radius 3 is 1.82 bits per heavy atom. The number of carboxylic acids is 1. The van der Waals surface area contributed by atoms with E-state index in [2.05, 4.69) is 37.3 Å². The number of esters is 1. The summed E-state index contributed by atoms with van der Waals surface area (Å²) >= 11 is 0. The number of carboxylic acid groups (broad SMARTS) is 1. The summed E-state index contributed by atoms with van der Waals surface area (Å²) in [5, 5.41) is 30.1. The summed E-state index contributed by atoms with van der Waals surface area (Å²) in [5.41, 5.74) is 3.07. The molecule has 0 aromatic heterocycles. The average Bonchev–Trinajstić information content (AvgIpc) is 2.86. The maximum atomic E-state index is 11.2. The highest BCUT2D eigenvalue weighted by molar-refractivity contribution is 5.90. The molecule has 0 atom stereocenters. The minimum Gasteiger partial charge on any atom is -0.508 e. The van der Waals surface area contributed by atoms with Crippen molar-refractivity contribution in [1.29, 1.82) is 0 Å². The van der Waals surface area contributed by atoms with Crippen molar-refractivity contribution in [2.75, 3.05) is 6.61 Å². The van der Waals surface area contributed by atoms with Gasteiger partial charge in [-0.25, -0.2) is 9.59 Å². The van der Waals surface area contributed by atoms with Gasteiger partial charge in [0.2, 0.25) is 0 Å². The smallest absolute Gasteiger partial charge is 0.330 e. The zero-order chi connectivity index (χ0) is 28.1. The molecule has 0 spiro atoms.